The number of allylic oxidation sites excluding steroid dienone is 4. The second kappa shape index (κ2) is 8.16. The molecule has 0 aliphatic rings. The minimum Gasteiger partial charge on any atom is -0.503 e. The van der Waals surface area contributed by atoms with Crippen LogP contribution in [0.15, 0.2) is 60.1 Å². The minimum absolute atomic E-state index is 0.250. The minimum atomic E-state index is -0.408. The van der Waals surface area contributed by atoms with Crippen LogP contribution in [0.4, 0.5) is 0 Å². The van der Waals surface area contributed by atoms with E-state index in [9.17, 15) is 9.90 Å². The predicted molar refractivity (Wildman–Crippen MR) is 72.2 cm³/mol. The molecule has 0 bridgehead atoms. The second-order valence-electron chi connectivity index (χ2n) is 3.01. The van der Waals surface area contributed by atoms with E-state index < -0.39 is 5.56 Å². The van der Waals surface area contributed by atoms with E-state index in [1.807, 2.05) is 13.8 Å². The van der Waals surface area contributed by atoms with Crippen LogP contribution in [0.25, 0.3) is 0 Å². The fourth-order valence-electron chi connectivity index (χ4n) is 1.18. The van der Waals surface area contributed by atoms with Gasteiger partial charge in [0.25, 0.3) is 5.56 Å². The monoisotopic (exact) mass is 233 g/mol. The lowest BCUT2D eigenvalue weighted by Gasteiger charge is -2.05. The first-order valence-corrected chi connectivity index (χ1v) is 5.51. The summed E-state index contributed by atoms with van der Waals surface area (Å²) in [5, 5.41) is 9.22. The highest BCUT2D eigenvalue weighted by Gasteiger charge is 2.01. The maximum Gasteiger partial charge on any atom is 0.292 e. The molecule has 0 aromatic carbocycles. The van der Waals surface area contributed by atoms with E-state index >= 15 is 0 Å². The molecule has 0 aliphatic heterocycles. The fourth-order valence-corrected chi connectivity index (χ4v) is 1.18. The Morgan fingerprint density at radius 3 is 2.65 bits per heavy atom. The lowest BCUT2D eigenvalue weighted by Crippen LogP contribution is -2.19. The maximum absolute atomic E-state index is 11.5. The number of hydrogen-bond acceptors (Lipinski definition) is 2. The quantitative estimate of drug-likeness (QED) is 0.812. The van der Waals surface area contributed by atoms with E-state index in [1.54, 1.807) is 30.5 Å². The van der Waals surface area contributed by atoms with Crippen molar-refractivity contribution in [1.29, 1.82) is 0 Å². The van der Waals surface area contributed by atoms with Gasteiger partial charge in [-0.05, 0) is 17.7 Å². The predicted octanol–water partition coefficient (Wildman–Crippen LogP) is 2.88. The number of rotatable bonds is 4. The summed E-state index contributed by atoms with van der Waals surface area (Å²) in [6.07, 6.45) is 6.66. The van der Waals surface area contributed by atoms with Gasteiger partial charge in [0.05, 0.1) is 6.54 Å². The van der Waals surface area contributed by atoms with Gasteiger partial charge in [-0.1, -0.05) is 45.2 Å². The van der Waals surface area contributed by atoms with Crippen molar-refractivity contribution in [2.45, 2.75) is 20.4 Å². The summed E-state index contributed by atoms with van der Waals surface area (Å²) in [4.78, 5) is 11.5. The van der Waals surface area contributed by atoms with Gasteiger partial charge in [0.2, 0.25) is 0 Å². The molecule has 0 amide bonds. The Kier molecular flexibility index (Phi) is 7.19. The van der Waals surface area contributed by atoms with Gasteiger partial charge in [0, 0.05) is 6.20 Å². The van der Waals surface area contributed by atoms with Crippen LogP contribution in [0.5, 0.6) is 5.75 Å². The summed E-state index contributed by atoms with van der Waals surface area (Å²) in [7, 11) is 0. The summed E-state index contributed by atoms with van der Waals surface area (Å²) in [5.41, 5.74) is 0.451. The van der Waals surface area contributed by atoms with Crippen molar-refractivity contribution in [3.05, 3.63) is 65.6 Å². The zero-order valence-corrected chi connectivity index (χ0v) is 10.4. The number of nitrogens with zero attached hydrogens (tertiary/aromatic N) is 1. The fraction of sp³-hybridized carbons (Fsp3) is 0.214. The van der Waals surface area contributed by atoms with E-state index in [4.69, 9.17) is 0 Å². The molecule has 1 heterocycles. The van der Waals surface area contributed by atoms with Crippen LogP contribution >= 0.6 is 0 Å². The van der Waals surface area contributed by atoms with Crippen molar-refractivity contribution in [3.8, 4) is 5.75 Å². The first-order chi connectivity index (χ1) is 8.19. The molecule has 1 aromatic heterocycles. The van der Waals surface area contributed by atoms with Crippen molar-refractivity contribution >= 4 is 0 Å². The third-order valence-corrected chi connectivity index (χ3v) is 1.95. The zero-order valence-electron chi connectivity index (χ0n) is 10.4. The molecule has 1 rings (SSSR count). The Balaban J connectivity index is 0.00000121. The van der Waals surface area contributed by atoms with Crippen molar-refractivity contribution in [2.24, 2.45) is 0 Å². The molecule has 92 valence electrons. The smallest absolute Gasteiger partial charge is 0.292 e. The van der Waals surface area contributed by atoms with Gasteiger partial charge >= 0.3 is 0 Å². The Bertz CT molecular complexity index is 456. The number of hydrogen-bond donors (Lipinski definition) is 1. The van der Waals surface area contributed by atoms with Crippen molar-refractivity contribution in [2.75, 3.05) is 0 Å². The van der Waals surface area contributed by atoms with Gasteiger partial charge < -0.3 is 9.67 Å². The van der Waals surface area contributed by atoms with Gasteiger partial charge in [-0.3, -0.25) is 4.79 Å². The van der Waals surface area contributed by atoms with E-state index in [0.29, 0.717) is 6.54 Å². The molecule has 0 spiro atoms. The van der Waals surface area contributed by atoms with E-state index in [2.05, 4.69) is 13.2 Å². The van der Waals surface area contributed by atoms with E-state index in [-0.39, 0.29) is 5.75 Å². The molecule has 0 unspecified atom stereocenters. The van der Waals surface area contributed by atoms with E-state index in [1.165, 1.54) is 10.6 Å². The van der Waals surface area contributed by atoms with Crippen LogP contribution in [-0.4, -0.2) is 9.67 Å². The SMILES string of the molecule is C=C/C=C(\C=C)Cn1cccc(O)c1=O.CC. The molecule has 0 atom stereocenters. The maximum atomic E-state index is 11.5. The molecule has 0 fully saturated rings. The molecule has 0 radical (unpaired) electrons. The van der Waals surface area contributed by atoms with Crippen molar-refractivity contribution in [3.63, 3.8) is 0 Å². The molecular formula is C14H19NO2. The molecule has 0 aliphatic carbocycles. The molecule has 0 saturated carbocycles. The molecule has 0 saturated heterocycles. The van der Waals surface area contributed by atoms with Gasteiger partial charge in [0.1, 0.15) is 0 Å². The number of aromatic nitrogens is 1. The first-order valence-electron chi connectivity index (χ1n) is 5.51. The largest absolute Gasteiger partial charge is 0.503 e. The van der Waals surface area contributed by atoms with Crippen LogP contribution in [0.2, 0.25) is 0 Å². The standard InChI is InChI=1S/C12H13NO2.C2H6/c1-3-6-10(4-2)9-13-8-5-7-11(14)12(13)15;1-2/h3-8,14H,1-2,9H2;1-2H3/b10-6+;. The van der Waals surface area contributed by atoms with Crippen molar-refractivity contribution in [1.82, 2.24) is 4.57 Å². The summed E-state index contributed by atoms with van der Waals surface area (Å²) < 4.78 is 1.41. The molecular weight excluding hydrogens is 214 g/mol. The number of pyridine rings is 1. The Morgan fingerprint density at radius 1 is 1.47 bits per heavy atom. The second-order valence-corrected chi connectivity index (χ2v) is 3.01. The van der Waals surface area contributed by atoms with Gasteiger partial charge in [-0.15, -0.1) is 0 Å². The van der Waals surface area contributed by atoms with Gasteiger partial charge in [-0.2, -0.15) is 0 Å². The number of aromatic hydroxyl groups is 1. The highest BCUT2D eigenvalue weighted by atomic mass is 16.3. The Hall–Kier alpha value is -2.03. The highest BCUT2D eigenvalue weighted by Crippen LogP contribution is 2.03. The lowest BCUT2D eigenvalue weighted by molar-refractivity contribution is 0.459. The highest BCUT2D eigenvalue weighted by molar-refractivity contribution is 5.22. The Labute approximate surface area is 102 Å². The first kappa shape index (κ1) is 15.0. The average Bonchev–Trinajstić information content (AvgIpc) is 2.36. The van der Waals surface area contributed by atoms with Gasteiger partial charge in [-0.25, -0.2) is 0 Å². The van der Waals surface area contributed by atoms with Crippen LogP contribution < -0.4 is 5.56 Å². The van der Waals surface area contributed by atoms with Crippen LogP contribution in [0.1, 0.15) is 13.8 Å². The zero-order chi connectivity index (χ0) is 13.3. The summed E-state index contributed by atoms with van der Waals surface area (Å²) in [6, 6.07) is 2.98. The van der Waals surface area contributed by atoms with E-state index in [0.717, 1.165) is 5.57 Å². The van der Waals surface area contributed by atoms with Crippen LogP contribution in [0, 0.1) is 0 Å². The third-order valence-electron chi connectivity index (χ3n) is 1.95. The lowest BCUT2D eigenvalue weighted by atomic mass is 10.2. The summed E-state index contributed by atoms with van der Waals surface area (Å²) in [5.74, 6) is -0.250. The summed E-state index contributed by atoms with van der Waals surface area (Å²) >= 11 is 0. The Morgan fingerprint density at radius 2 is 2.12 bits per heavy atom. The molecule has 1 aromatic rings. The third kappa shape index (κ3) is 4.55. The normalized spacial score (nSPS) is 10.1. The van der Waals surface area contributed by atoms with Crippen LogP contribution in [-0.2, 0) is 6.54 Å². The molecule has 17 heavy (non-hydrogen) atoms. The average molecular weight is 233 g/mol. The molecule has 3 nitrogen and oxygen atoms in total. The van der Waals surface area contributed by atoms with Crippen LogP contribution in [0.3, 0.4) is 0 Å². The summed E-state index contributed by atoms with van der Waals surface area (Å²) in [6.45, 7) is 11.6. The topological polar surface area (TPSA) is 42.2 Å². The molecule has 3 heteroatoms. The molecule has 1 N–H and O–H groups in total. The van der Waals surface area contributed by atoms with Gasteiger partial charge in [0.15, 0.2) is 5.75 Å². The van der Waals surface area contributed by atoms with Crippen molar-refractivity contribution < 1.29 is 5.11 Å².